The molecule has 2 aromatic heterocycles. The Morgan fingerprint density at radius 3 is 1.86 bits per heavy atom. The molecule has 0 spiro atoms. The average Bonchev–Trinajstić information content (AvgIpc) is 3.83. The number of hydrogen-bond donors (Lipinski definition) is 1. The number of allylic oxidation sites excluding steroid dienone is 1. The fourth-order valence-electron chi connectivity index (χ4n) is 8.42. The molecule has 3 nitrogen and oxygen atoms in total. The molecule has 4 heteroatoms. The fourth-order valence-corrected chi connectivity index (χ4v) is 9.61. The molecule has 8 aromatic carbocycles. The summed E-state index contributed by atoms with van der Waals surface area (Å²) in [5, 5.41) is 8.90. The number of fused-ring (bicyclic) bond motifs is 6. The van der Waals surface area contributed by atoms with Gasteiger partial charge in [-0.2, -0.15) is 0 Å². The van der Waals surface area contributed by atoms with Crippen LogP contribution in [0, 0.1) is 0 Å². The number of para-hydroxylation sites is 1. The van der Waals surface area contributed by atoms with Crippen LogP contribution in [0.1, 0.15) is 22.9 Å². The summed E-state index contributed by atoms with van der Waals surface area (Å²) < 4.78 is 5.06. The molecule has 1 atom stereocenters. The van der Waals surface area contributed by atoms with Gasteiger partial charge in [-0.15, -0.1) is 11.3 Å². The van der Waals surface area contributed by atoms with Crippen LogP contribution in [0.15, 0.2) is 205 Å². The third-order valence-corrected chi connectivity index (χ3v) is 12.2. The Balaban J connectivity index is 1.13. The fraction of sp³-hybridized carbons (Fsp3) is 0.0192. The van der Waals surface area contributed by atoms with Gasteiger partial charge in [0.25, 0.3) is 0 Å². The van der Waals surface area contributed by atoms with Gasteiger partial charge in [-0.3, -0.25) is 4.99 Å². The van der Waals surface area contributed by atoms with Crippen molar-refractivity contribution in [3.63, 3.8) is 0 Å². The van der Waals surface area contributed by atoms with Gasteiger partial charge in [0, 0.05) is 37.5 Å². The first-order valence-corrected chi connectivity index (χ1v) is 19.9. The van der Waals surface area contributed by atoms with E-state index >= 15 is 0 Å². The number of benzene rings is 8. The molecule has 264 valence electrons. The first kappa shape index (κ1) is 32.4. The van der Waals surface area contributed by atoms with E-state index < -0.39 is 0 Å². The molecule has 0 aliphatic carbocycles. The van der Waals surface area contributed by atoms with Gasteiger partial charge < -0.3 is 9.88 Å². The highest BCUT2D eigenvalue weighted by atomic mass is 32.1. The molecule has 10 aromatic rings. The Morgan fingerprint density at radius 2 is 1.07 bits per heavy atom. The van der Waals surface area contributed by atoms with Crippen LogP contribution in [0.3, 0.4) is 0 Å². The van der Waals surface area contributed by atoms with Crippen LogP contribution >= 0.6 is 11.3 Å². The van der Waals surface area contributed by atoms with Crippen LogP contribution in [0.4, 0.5) is 0 Å². The second kappa shape index (κ2) is 13.4. The van der Waals surface area contributed by atoms with Crippen molar-refractivity contribution in [1.29, 1.82) is 0 Å². The van der Waals surface area contributed by atoms with Gasteiger partial charge in [0.2, 0.25) is 0 Å². The highest BCUT2D eigenvalue weighted by molar-refractivity contribution is 7.26. The maximum atomic E-state index is 5.47. The second-order valence-corrected chi connectivity index (χ2v) is 15.4. The SMILES string of the molecule is C1=C(c2cccc(-c3ccccc3)c2)NC(c2cccc3c2c2ccccc2n3-c2cc(-c3ccccc3)cc3c2sc2ccccc23)N=C1c1ccccc1. The number of aliphatic imine (C=N–C) groups is 1. The minimum Gasteiger partial charge on any atom is -0.359 e. The number of hydrogen-bond acceptors (Lipinski definition) is 3. The number of aromatic nitrogens is 1. The van der Waals surface area contributed by atoms with Crippen LogP contribution in [0.25, 0.3) is 75.6 Å². The molecule has 0 saturated heterocycles. The summed E-state index contributed by atoms with van der Waals surface area (Å²) in [6.07, 6.45) is 1.88. The predicted molar refractivity (Wildman–Crippen MR) is 238 cm³/mol. The van der Waals surface area contributed by atoms with E-state index in [1.807, 2.05) is 11.3 Å². The summed E-state index contributed by atoms with van der Waals surface area (Å²) in [4.78, 5) is 5.47. The Morgan fingerprint density at radius 1 is 0.464 bits per heavy atom. The molecule has 1 aliphatic rings. The molecular formula is C52H35N3S. The van der Waals surface area contributed by atoms with Crippen molar-refractivity contribution in [2.24, 2.45) is 4.99 Å². The first-order chi connectivity index (χ1) is 27.8. The lowest BCUT2D eigenvalue weighted by Crippen LogP contribution is -2.25. The molecule has 1 unspecified atom stereocenters. The summed E-state index contributed by atoms with van der Waals surface area (Å²) in [6.45, 7) is 0. The van der Waals surface area contributed by atoms with Gasteiger partial charge in [0.15, 0.2) is 0 Å². The normalized spacial score (nSPS) is 14.2. The Bertz CT molecular complexity index is 3150. The third-order valence-electron chi connectivity index (χ3n) is 11.0. The third kappa shape index (κ3) is 5.45. The standard InChI is InChI=1S/C52H35N3S/c1-4-16-34(17-5-1)37-22-14-23-38(30-37)45-33-44(36-20-8-3-9-21-36)53-52(54-45)42-26-15-28-47-50(42)41-25-10-12-27-46(41)55(47)48-32-39(35-18-6-2-7-19-35)31-43-40-24-11-13-29-49(40)56-51(43)48/h1-33,52,54H. The molecule has 0 fully saturated rings. The lowest BCUT2D eigenvalue weighted by molar-refractivity contribution is 0.669. The Labute approximate surface area is 329 Å². The molecule has 56 heavy (non-hydrogen) atoms. The molecule has 1 N–H and O–H groups in total. The minimum atomic E-state index is -0.325. The van der Waals surface area contributed by atoms with Crippen molar-refractivity contribution in [3.8, 4) is 27.9 Å². The zero-order chi connectivity index (χ0) is 37.0. The number of rotatable bonds is 6. The van der Waals surface area contributed by atoms with Gasteiger partial charge in [-0.1, -0.05) is 158 Å². The largest absolute Gasteiger partial charge is 0.359 e. The highest BCUT2D eigenvalue weighted by Gasteiger charge is 2.25. The zero-order valence-electron chi connectivity index (χ0n) is 30.4. The molecule has 0 bridgehead atoms. The number of nitrogens with zero attached hydrogens (tertiary/aromatic N) is 2. The Kier molecular flexibility index (Phi) is 7.75. The highest BCUT2D eigenvalue weighted by Crippen LogP contribution is 2.44. The molecule has 1 aliphatic heterocycles. The van der Waals surface area contributed by atoms with Crippen molar-refractivity contribution >= 4 is 64.7 Å². The van der Waals surface area contributed by atoms with Crippen LogP contribution in [0.5, 0.6) is 0 Å². The molecule has 0 amide bonds. The second-order valence-electron chi connectivity index (χ2n) is 14.4. The summed E-state index contributed by atoms with van der Waals surface area (Å²) in [5.41, 5.74) is 13.7. The first-order valence-electron chi connectivity index (χ1n) is 19.1. The van der Waals surface area contributed by atoms with Gasteiger partial charge >= 0.3 is 0 Å². The molecule has 0 saturated carbocycles. The van der Waals surface area contributed by atoms with E-state index in [1.54, 1.807) is 0 Å². The van der Waals surface area contributed by atoms with Gasteiger partial charge in [0.1, 0.15) is 6.17 Å². The minimum absolute atomic E-state index is 0.325. The number of thiophene rings is 1. The van der Waals surface area contributed by atoms with Crippen LogP contribution in [0.2, 0.25) is 0 Å². The van der Waals surface area contributed by atoms with E-state index in [4.69, 9.17) is 4.99 Å². The predicted octanol–water partition coefficient (Wildman–Crippen LogP) is 13.6. The quantitative estimate of drug-likeness (QED) is 0.181. The van der Waals surface area contributed by atoms with Crippen molar-refractivity contribution in [1.82, 2.24) is 9.88 Å². The van der Waals surface area contributed by atoms with Crippen molar-refractivity contribution in [2.75, 3.05) is 0 Å². The molecule has 3 heterocycles. The molecule has 0 radical (unpaired) electrons. The summed E-state index contributed by atoms with van der Waals surface area (Å²) in [5.74, 6) is 0. The van der Waals surface area contributed by atoms with Crippen LogP contribution in [-0.2, 0) is 0 Å². The van der Waals surface area contributed by atoms with E-state index in [0.29, 0.717) is 0 Å². The lowest BCUT2D eigenvalue weighted by Gasteiger charge is -2.26. The average molecular weight is 734 g/mol. The maximum absolute atomic E-state index is 5.47. The van der Waals surface area contributed by atoms with Gasteiger partial charge in [-0.05, 0) is 75.9 Å². The van der Waals surface area contributed by atoms with E-state index in [1.165, 1.54) is 64.4 Å². The van der Waals surface area contributed by atoms with Gasteiger partial charge in [0.05, 0.1) is 27.1 Å². The maximum Gasteiger partial charge on any atom is 0.146 e. The Hall–Kier alpha value is -7.01. The monoisotopic (exact) mass is 733 g/mol. The topological polar surface area (TPSA) is 29.3 Å². The summed E-state index contributed by atoms with van der Waals surface area (Å²) >= 11 is 1.87. The van der Waals surface area contributed by atoms with E-state index in [0.717, 1.165) is 33.6 Å². The van der Waals surface area contributed by atoms with Crippen LogP contribution < -0.4 is 5.32 Å². The van der Waals surface area contributed by atoms with E-state index in [2.05, 4.69) is 210 Å². The smallest absolute Gasteiger partial charge is 0.146 e. The lowest BCUT2D eigenvalue weighted by atomic mass is 9.97. The number of nitrogens with one attached hydrogen (secondary N) is 1. The summed E-state index contributed by atoms with van der Waals surface area (Å²) in [6, 6.07) is 69.8. The van der Waals surface area contributed by atoms with E-state index in [-0.39, 0.29) is 6.17 Å². The van der Waals surface area contributed by atoms with Crippen molar-refractivity contribution in [3.05, 3.63) is 217 Å². The van der Waals surface area contributed by atoms with Crippen molar-refractivity contribution < 1.29 is 0 Å². The molecule has 11 rings (SSSR count). The molecular weight excluding hydrogens is 699 g/mol. The van der Waals surface area contributed by atoms with Gasteiger partial charge in [-0.25, -0.2) is 0 Å². The van der Waals surface area contributed by atoms with Crippen molar-refractivity contribution in [2.45, 2.75) is 6.17 Å². The van der Waals surface area contributed by atoms with Crippen LogP contribution in [-0.4, -0.2) is 10.3 Å². The summed E-state index contributed by atoms with van der Waals surface area (Å²) in [7, 11) is 0. The zero-order valence-corrected chi connectivity index (χ0v) is 31.2. The van der Waals surface area contributed by atoms with E-state index in [9.17, 15) is 0 Å².